The first kappa shape index (κ1) is 11.6. The van der Waals surface area contributed by atoms with Gasteiger partial charge in [0.05, 0.1) is 4.92 Å². The van der Waals surface area contributed by atoms with Gasteiger partial charge in [-0.2, -0.15) is 0 Å². The monoisotopic (exact) mass is 257 g/mol. The van der Waals surface area contributed by atoms with Gasteiger partial charge in [0.25, 0.3) is 0 Å². The molecule has 0 aromatic heterocycles. The van der Waals surface area contributed by atoms with Crippen molar-refractivity contribution >= 4 is 18.0 Å². The molecule has 1 aromatic rings. The van der Waals surface area contributed by atoms with E-state index in [4.69, 9.17) is 4.74 Å². The summed E-state index contributed by atoms with van der Waals surface area (Å²) in [7, 11) is 0. The quantitative estimate of drug-likeness (QED) is 0.464. The van der Waals surface area contributed by atoms with Gasteiger partial charge in [0.15, 0.2) is 0 Å². The number of rotatable bonds is 2. The van der Waals surface area contributed by atoms with Crippen molar-refractivity contribution in [2.45, 2.75) is 19.3 Å². The van der Waals surface area contributed by atoms with Gasteiger partial charge < -0.3 is 4.74 Å². The molecule has 0 radical (unpaired) electrons. The summed E-state index contributed by atoms with van der Waals surface area (Å²) in [6.45, 7) is 0. The summed E-state index contributed by atoms with van der Waals surface area (Å²) in [6.07, 6.45) is 5.05. The Balaban J connectivity index is 2.20. The van der Waals surface area contributed by atoms with E-state index < -0.39 is 4.92 Å². The molecule has 0 fully saturated rings. The Morgan fingerprint density at radius 3 is 2.89 bits per heavy atom. The molecule has 96 valence electrons. The van der Waals surface area contributed by atoms with E-state index in [2.05, 4.69) is 0 Å². The van der Waals surface area contributed by atoms with E-state index in [-0.39, 0.29) is 11.4 Å². The van der Waals surface area contributed by atoms with Gasteiger partial charge in [0.2, 0.25) is 5.75 Å². The molecule has 0 unspecified atom stereocenters. The number of nitrogens with zero attached hydrogens (tertiary/aromatic N) is 1. The van der Waals surface area contributed by atoms with Gasteiger partial charge in [0, 0.05) is 17.2 Å². The minimum absolute atomic E-state index is 0.0730. The molecule has 0 spiro atoms. The minimum Gasteiger partial charge on any atom is -0.449 e. The second-order valence-electron chi connectivity index (χ2n) is 4.55. The predicted molar refractivity (Wildman–Crippen MR) is 68.6 cm³/mol. The van der Waals surface area contributed by atoms with Gasteiger partial charge in [-0.15, -0.1) is 0 Å². The molecule has 0 saturated heterocycles. The molecule has 1 heterocycles. The highest BCUT2D eigenvalue weighted by Gasteiger charge is 2.28. The Kier molecular flexibility index (Phi) is 2.67. The van der Waals surface area contributed by atoms with E-state index >= 15 is 0 Å². The number of ether oxygens (including phenoxy) is 1. The SMILES string of the molecule is O=CC1=C2Oc3c(cccc3[N+](=O)[O-])C=C2CCC1. The molecule has 2 aliphatic rings. The number of aldehydes is 1. The van der Waals surface area contributed by atoms with Crippen molar-refractivity contribution < 1.29 is 14.5 Å². The lowest BCUT2D eigenvalue weighted by molar-refractivity contribution is -0.385. The van der Waals surface area contributed by atoms with Crippen LogP contribution in [0.15, 0.2) is 35.1 Å². The van der Waals surface area contributed by atoms with Gasteiger partial charge in [-0.05, 0) is 30.9 Å². The lowest BCUT2D eigenvalue weighted by Crippen LogP contribution is -2.14. The van der Waals surface area contributed by atoms with Crippen molar-refractivity contribution in [1.29, 1.82) is 0 Å². The van der Waals surface area contributed by atoms with Crippen molar-refractivity contribution in [2.75, 3.05) is 0 Å². The van der Waals surface area contributed by atoms with Crippen LogP contribution < -0.4 is 4.74 Å². The number of carbonyl (C=O) groups excluding carboxylic acids is 1. The van der Waals surface area contributed by atoms with Crippen LogP contribution in [0.2, 0.25) is 0 Å². The van der Waals surface area contributed by atoms with Crippen LogP contribution in [-0.2, 0) is 4.79 Å². The van der Waals surface area contributed by atoms with Crippen molar-refractivity contribution in [2.24, 2.45) is 0 Å². The van der Waals surface area contributed by atoms with Crippen LogP contribution in [0.1, 0.15) is 24.8 Å². The second-order valence-corrected chi connectivity index (χ2v) is 4.55. The number of benzene rings is 1. The number of allylic oxidation sites excluding steroid dienone is 2. The van der Waals surface area contributed by atoms with E-state index in [0.29, 0.717) is 23.3 Å². The Hall–Kier alpha value is -2.43. The highest BCUT2D eigenvalue weighted by Crippen LogP contribution is 2.42. The Bertz CT molecular complexity index is 643. The number of nitro benzene ring substituents is 1. The van der Waals surface area contributed by atoms with Crippen LogP contribution in [0.5, 0.6) is 5.75 Å². The highest BCUT2D eigenvalue weighted by molar-refractivity contribution is 5.80. The molecule has 3 rings (SSSR count). The molecule has 0 N–H and O–H groups in total. The number of nitro groups is 1. The molecule has 19 heavy (non-hydrogen) atoms. The molecule has 0 saturated carbocycles. The van der Waals surface area contributed by atoms with Gasteiger partial charge in [0.1, 0.15) is 12.0 Å². The van der Waals surface area contributed by atoms with Gasteiger partial charge in [-0.3, -0.25) is 14.9 Å². The van der Waals surface area contributed by atoms with Gasteiger partial charge in [-0.1, -0.05) is 12.1 Å². The summed E-state index contributed by atoms with van der Waals surface area (Å²) in [5.41, 5.74) is 2.15. The van der Waals surface area contributed by atoms with E-state index in [1.165, 1.54) is 6.07 Å². The first-order valence-electron chi connectivity index (χ1n) is 6.05. The molecule has 0 atom stereocenters. The molecule has 1 aliphatic carbocycles. The summed E-state index contributed by atoms with van der Waals surface area (Å²) in [5.74, 6) is 0.732. The second kappa shape index (κ2) is 4.35. The summed E-state index contributed by atoms with van der Waals surface area (Å²) in [5, 5.41) is 11.0. The zero-order chi connectivity index (χ0) is 13.4. The average molecular weight is 257 g/mol. The summed E-state index contributed by atoms with van der Waals surface area (Å²) in [4.78, 5) is 21.6. The Morgan fingerprint density at radius 2 is 2.16 bits per heavy atom. The van der Waals surface area contributed by atoms with Crippen molar-refractivity contribution in [3.63, 3.8) is 0 Å². The molecule has 1 aliphatic heterocycles. The fourth-order valence-corrected chi connectivity index (χ4v) is 2.48. The van der Waals surface area contributed by atoms with E-state index in [1.54, 1.807) is 12.1 Å². The summed E-state index contributed by atoms with van der Waals surface area (Å²) >= 11 is 0. The largest absolute Gasteiger partial charge is 0.449 e. The standard InChI is InChI=1S/C14H11NO4/c16-8-11-5-1-3-9-7-10-4-2-6-12(15(17)18)14(10)19-13(9)11/h2,4,6-8H,1,3,5H2. The summed E-state index contributed by atoms with van der Waals surface area (Å²) < 4.78 is 5.67. The topological polar surface area (TPSA) is 69.4 Å². The molecule has 5 heteroatoms. The highest BCUT2D eigenvalue weighted by atomic mass is 16.6. The third-order valence-corrected chi connectivity index (χ3v) is 3.37. The Labute approximate surface area is 109 Å². The first-order valence-corrected chi connectivity index (χ1v) is 6.05. The number of hydrogen-bond donors (Lipinski definition) is 0. The van der Waals surface area contributed by atoms with Crippen LogP contribution in [0.25, 0.3) is 6.08 Å². The first-order chi connectivity index (χ1) is 9.20. The zero-order valence-corrected chi connectivity index (χ0v) is 10.1. The number of carbonyl (C=O) groups is 1. The minimum atomic E-state index is -0.471. The van der Waals surface area contributed by atoms with E-state index in [0.717, 1.165) is 24.7 Å². The number of hydrogen-bond acceptors (Lipinski definition) is 4. The molecule has 0 amide bonds. The fourth-order valence-electron chi connectivity index (χ4n) is 2.48. The van der Waals surface area contributed by atoms with Crippen LogP contribution in [0.4, 0.5) is 5.69 Å². The molecule has 0 bridgehead atoms. The summed E-state index contributed by atoms with van der Waals surface area (Å²) in [6, 6.07) is 4.82. The molecule has 1 aromatic carbocycles. The van der Waals surface area contributed by atoms with E-state index in [1.807, 2.05) is 6.08 Å². The maximum Gasteiger partial charge on any atom is 0.312 e. The van der Waals surface area contributed by atoms with Crippen molar-refractivity contribution in [3.8, 4) is 5.75 Å². The van der Waals surface area contributed by atoms with Gasteiger partial charge >= 0.3 is 5.69 Å². The Morgan fingerprint density at radius 1 is 1.32 bits per heavy atom. The molecular formula is C14H11NO4. The fraction of sp³-hybridized carbons (Fsp3) is 0.214. The smallest absolute Gasteiger partial charge is 0.312 e. The zero-order valence-electron chi connectivity index (χ0n) is 10.1. The normalized spacial score (nSPS) is 16.9. The maximum atomic E-state index is 11.0. The van der Waals surface area contributed by atoms with Crippen molar-refractivity contribution in [3.05, 3.63) is 50.8 Å². The van der Waals surface area contributed by atoms with Gasteiger partial charge in [-0.25, -0.2) is 0 Å². The maximum absolute atomic E-state index is 11.0. The molecular weight excluding hydrogens is 246 g/mol. The van der Waals surface area contributed by atoms with Crippen LogP contribution in [-0.4, -0.2) is 11.2 Å². The third kappa shape index (κ3) is 1.83. The average Bonchev–Trinajstić information content (AvgIpc) is 2.43. The van der Waals surface area contributed by atoms with Crippen LogP contribution in [0.3, 0.4) is 0 Å². The van der Waals surface area contributed by atoms with E-state index in [9.17, 15) is 14.9 Å². The van der Waals surface area contributed by atoms with Crippen LogP contribution >= 0.6 is 0 Å². The molecule has 5 nitrogen and oxygen atoms in total. The van der Waals surface area contributed by atoms with Crippen molar-refractivity contribution in [1.82, 2.24) is 0 Å². The number of fused-ring (bicyclic) bond motifs is 2. The lowest BCUT2D eigenvalue weighted by atomic mass is 9.90. The van der Waals surface area contributed by atoms with Crippen LogP contribution in [0, 0.1) is 10.1 Å². The predicted octanol–water partition coefficient (Wildman–Crippen LogP) is 3.01. The lowest BCUT2D eigenvalue weighted by Gasteiger charge is -2.25. The number of para-hydroxylation sites is 1. The third-order valence-electron chi connectivity index (χ3n) is 3.37.